The quantitative estimate of drug-likeness (QED) is 0.760. The summed E-state index contributed by atoms with van der Waals surface area (Å²) in [6, 6.07) is 16.4. The summed E-state index contributed by atoms with van der Waals surface area (Å²) in [7, 11) is 0. The molecule has 96 valence electrons. The molecule has 1 N–H and O–H groups in total. The Morgan fingerprint density at radius 1 is 0.778 bits per heavy atom. The number of aromatic hydroxyl groups is 1. The molecule has 0 saturated heterocycles. The third-order valence-electron chi connectivity index (χ3n) is 1.73. The lowest BCUT2D eigenvalue weighted by molar-refractivity contribution is -0.0328. The molecule has 1 nitrogen and oxygen atoms in total. The number of halogens is 3. The van der Waals surface area contributed by atoms with E-state index in [1.165, 1.54) is 12.1 Å². The SMILES string of the molecule is FC(F)(F)Sc1ccccc1.Oc1ccccc1. The van der Waals surface area contributed by atoms with Crippen LogP contribution in [0.25, 0.3) is 0 Å². The van der Waals surface area contributed by atoms with Crippen molar-refractivity contribution in [1.82, 2.24) is 0 Å². The van der Waals surface area contributed by atoms with Crippen LogP contribution in [0.4, 0.5) is 13.2 Å². The summed E-state index contributed by atoms with van der Waals surface area (Å²) >= 11 is -0.0993. The lowest BCUT2D eigenvalue weighted by atomic mass is 10.3. The molecule has 2 rings (SSSR count). The van der Waals surface area contributed by atoms with Gasteiger partial charge in [0.1, 0.15) is 5.75 Å². The van der Waals surface area contributed by atoms with Crippen molar-refractivity contribution in [3.63, 3.8) is 0 Å². The largest absolute Gasteiger partial charge is 0.508 e. The van der Waals surface area contributed by atoms with Crippen molar-refractivity contribution in [3.05, 3.63) is 60.7 Å². The zero-order valence-electron chi connectivity index (χ0n) is 9.26. The van der Waals surface area contributed by atoms with E-state index in [0.717, 1.165) is 0 Å². The second-order valence-electron chi connectivity index (χ2n) is 3.20. The van der Waals surface area contributed by atoms with Gasteiger partial charge in [0, 0.05) is 4.90 Å². The number of thioether (sulfide) groups is 1. The monoisotopic (exact) mass is 272 g/mol. The number of alkyl halides is 3. The van der Waals surface area contributed by atoms with E-state index in [1.54, 1.807) is 42.5 Å². The van der Waals surface area contributed by atoms with E-state index in [0.29, 0.717) is 5.75 Å². The van der Waals surface area contributed by atoms with Gasteiger partial charge < -0.3 is 5.11 Å². The molecule has 0 fully saturated rings. The molecule has 2 aromatic carbocycles. The Kier molecular flexibility index (Phi) is 5.58. The highest BCUT2D eigenvalue weighted by molar-refractivity contribution is 8.00. The predicted octanol–water partition coefficient (Wildman–Crippen LogP) is 4.69. The third kappa shape index (κ3) is 6.85. The average Bonchev–Trinajstić information content (AvgIpc) is 2.30. The van der Waals surface area contributed by atoms with Crippen LogP contribution in [0, 0.1) is 0 Å². The molecule has 0 aromatic heterocycles. The molecule has 0 atom stereocenters. The first kappa shape index (κ1) is 14.4. The van der Waals surface area contributed by atoms with Crippen molar-refractivity contribution in [2.24, 2.45) is 0 Å². The Balaban J connectivity index is 0.000000199. The number of hydrogen-bond donors (Lipinski definition) is 1. The van der Waals surface area contributed by atoms with E-state index >= 15 is 0 Å². The minimum atomic E-state index is -4.18. The Labute approximate surface area is 107 Å². The van der Waals surface area contributed by atoms with Crippen LogP contribution in [0.15, 0.2) is 65.6 Å². The van der Waals surface area contributed by atoms with Crippen molar-refractivity contribution in [2.75, 3.05) is 0 Å². The van der Waals surface area contributed by atoms with Gasteiger partial charge in [0.15, 0.2) is 0 Å². The van der Waals surface area contributed by atoms with Crippen LogP contribution in [0.5, 0.6) is 5.75 Å². The molecular weight excluding hydrogens is 261 g/mol. The summed E-state index contributed by atoms with van der Waals surface area (Å²) in [6.45, 7) is 0. The van der Waals surface area contributed by atoms with Crippen LogP contribution in [-0.4, -0.2) is 10.6 Å². The van der Waals surface area contributed by atoms with Crippen LogP contribution in [0.3, 0.4) is 0 Å². The van der Waals surface area contributed by atoms with E-state index in [9.17, 15) is 13.2 Å². The maximum atomic E-state index is 11.7. The second kappa shape index (κ2) is 6.96. The van der Waals surface area contributed by atoms with Gasteiger partial charge in [-0.3, -0.25) is 0 Å². The molecule has 0 saturated carbocycles. The zero-order chi connectivity index (χ0) is 13.4. The number of phenolic OH excluding ortho intramolecular Hbond substituents is 1. The second-order valence-corrected chi connectivity index (χ2v) is 4.33. The van der Waals surface area contributed by atoms with Gasteiger partial charge in [-0.05, 0) is 36.0 Å². The normalized spacial score (nSPS) is 10.4. The van der Waals surface area contributed by atoms with Crippen molar-refractivity contribution < 1.29 is 18.3 Å². The van der Waals surface area contributed by atoms with Crippen molar-refractivity contribution in [1.29, 1.82) is 0 Å². The highest BCUT2D eigenvalue weighted by Gasteiger charge is 2.28. The van der Waals surface area contributed by atoms with Gasteiger partial charge in [0.05, 0.1) is 0 Å². The smallest absolute Gasteiger partial charge is 0.446 e. The van der Waals surface area contributed by atoms with Crippen molar-refractivity contribution in [2.45, 2.75) is 10.4 Å². The predicted molar refractivity (Wildman–Crippen MR) is 66.5 cm³/mol. The van der Waals surface area contributed by atoms with Crippen LogP contribution in [0.2, 0.25) is 0 Å². The lowest BCUT2D eigenvalue weighted by Crippen LogP contribution is -1.98. The molecule has 0 aliphatic heterocycles. The van der Waals surface area contributed by atoms with Gasteiger partial charge in [0.2, 0.25) is 0 Å². The summed E-state index contributed by atoms with van der Waals surface area (Å²) in [5.41, 5.74) is -4.18. The maximum Gasteiger partial charge on any atom is 0.446 e. The van der Waals surface area contributed by atoms with E-state index in [2.05, 4.69) is 0 Å². The number of rotatable bonds is 1. The summed E-state index contributed by atoms with van der Waals surface area (Å²) in [5.74, 6) is 0.322. The highest BCUT2D eigenvalue weighted by atomic mass is 32.2. The van der Waals surface area contributed by atoms with Crippen LogP contribution < -0.4 is 0 Å². The molecular formula is C13H11F3OS. The Morgan fingerprint density at radius 2 is 1.22 bits per heavy atom. The van der Waals surface area contributed by atoms with E-state index in [4.69, 9.17) is 5.11 Å². The Morgan fingerprint density at radius 3 is 1.56 bits per heavy atom. The first-order valence-electron chi connectivity index (χ1n) is 5.02. The molecule has 5 heteroatoms. The molecule has 0 radical (unpaired) electrons. The number of para-hydroxylation sites is 1. The minimum Gasteiger partial charge on any atom is -0.508 e. The van der Waals surface area contributed by atoms with Crippen molar-refractivity contribution in [3.8, 4) is 5.75 Å². The number of benzene rings is 2. The van der Waals surface area contributed by atoms with Gasteiger partial charge in [-0.2, -0.15) is 13.2 Å². The Bertz CT molecular complexity index is 443. The molecule has 0 amide bonds. The molecule has 0 aliphatic rings. The van der Waals surface area contributed by atoms with E-state index in [1.807, 2.05) is 6.07 Å². The number of hydrogen-bond acceptors (Lipinski definition) is 2. The van der Waals surface area contributed by atoms with Gasteiger partial charge >= 0.3 is 5.51 Å². The summed E-state index contributed by atoms with van der Waals surface area (Å²) < 4.78 is 35.1. The maximum absolute atomic E-state index is 11.7. The molecule has 0 unspecified atom stereocenters. The fourth-order valence-corrected chi connectivity index (χ4v) is 1.61. The molecule has 2 aromatic rings. The molecule has 18 heavy (non-hydrogen) atoms. The molecule has 0 heterocycles. The van der Waals surface area contributed by atoms with E-state index in [-0.39, 0.29) is 16.7 Å². The topological polar surface area (TPSA) is 20.2 Å². The molecule has 0 spiro atoms. The van der Waals surface area contributed by atoms with Crippen LogP contribution in [-0.2, 0) is 0 Å². The van der Waals surface area contributed by atoms with Gasteiger partial charge in [-0.15, -0.1) is 0 Å². The van der Waals surface area contributed by atoms with E-state index < -0.39 is 5.51 Å². The first-order valence-corrected chi connectivity index (χ1v) is 5.84. The lowest BCUT2D eigenvalue weighted by Gasteiger charge is -2.03. The van der Waals surface area contributed by atoms with Crippen molar-refractivity contribution >= 4 is 11.8 Å². The van der Waals surface area contributed by atoms with Gasteiger partial charge in [0.25, 0.3) is 0 Å². The average molecular weight is 272 g/mol. The third-order valence-corrected chi connectivity index (χ3v) is 2.47. The van der Waals surface area contributed by atoms with Gasteiger partial charge in [-0.1, -0.05) is 36.4 Å². The van der Waals surface area contributed by atoms with Gasteiger partial charge in [-0.25, -0.2) is 0 Å². The summed E-state index contributed by atoms with van der Waals surface area (Å²) in [6.07, 6.45) is 0. The standard InChI is InChI=1S/C7H5F3S.C6H6O/c8-7(9,10)11-6-4-2-1-3-5-6;7-6-4-2-1-3-5-6/h1-5H;1-5,7H. The summed E-state index contributed by atoms with van der Waals surface area (Å²) in [4.78, 5) is 0.222. The number of phenols is 1. The summed E-state index contributed by atoms with van der Waals surface area (Å²) in [5, 5.41) is 8.63. The van der Waals surface area contributed by atoms with Crippen LogP contribution >= 0.6 is 11.8 Å². The molecule has 0 aliphatic carbocycles. The zero-order valence-corrected chi connectivity index (χ0v) is 10.1. The van der Waals surface area contributed by atoms with Crippen LogP contribution in [0.1, 0.15) is 0 Å². The highest BCUT2D eigenvalue weighted by Crippen LogP contribution is 2.36. The first-order chi connectivity index (χ1) is 8.47. The molecule has 0 bridgehead atoms. The minimum absolute atomic E-state index is 0.0993. The fraction of sp³-hybridized carbons (Fsp3) is 0.0769. The fourth-order valence-electron chi connectivity index (χ4n) is 1.05. The Hall–Kier alpha value is -1.62.